The van der Waals surface area contributed by atoms with Gasteiger partial charge in [0.1, 0.15) is 48.8 Å². The maximum atomic E-state index is 16.1. The van der Waals surface area contributed by atoms with Crippen LogP contribution < -0.4 is 60.2 Å². The van der Waals surface area contributed by atoms with Gasteiger partial charge in [-0.25, -0.2) is 40.7 Å². The van der Waals surface area contributed by atoms with Crippen LogP contribution in [0.25, 0.3) is 0 Å². The average molecular weight is 1940 g/mol. The van der Waals surface area contributed by atoms with Crippen molar-refractivity contribution in [2.75, 3.05) is 174 Å². The van der Waals surface area contributed by atoms with Gasteiger partial charge in [-0.05, 0) is 66.9 Å². The number of anilines is 3. The molecule has 0 aliphatic carbocycles. The summed E-state index contributed by atoms with van der Waals surface area (Å²) in [6.07, 6.45) is -3.30. The predicted molar refractivity (Wildman–Crippen MR) is 479 cm³/mol. The number of aromatic nitrogens is 3. The van der Waals surface area contributed by atoms with E-state index in [1.807, 2.05) is 92.5 Å². The van der Waals surface area contributed by atoms with E-state index in [9.17, 15) is 57.1 Å². The third-order valence-corrected chi connectivity index (χ3v) is 27.7. The standard InChI is InChI=1S/2C33H31F2N5O8.C31H30F2N4O7/c2*1-18(41)36-14-19(15-36)47-33(44)48-31-25(42)8-9-39-30(31)32(43)38-11-13-46-17-26(38)40(39)29-20-4-2-3-5-23(20)37-10-12-45-16-24(37)27-21(29)6-7-22(34)28(27)35;1-17(2)43-31(40)44-29-23(38)9-10-36-28(29)30(39)35-12-14-42-16-24(35)37(36)27-18-5-3-4-6-21(18)34-11-13-41-15-22(34)25-19(27)7-8-20(32)26(25)33/h2*2-9,19,24,26,29H,10-17H2,1H3;3-10,17,22,24,27H,11-16H2,1-2H3/t24?,26-,29-;;22?,24-,27-/m1.1/s1. The van der Waals surface area contributed by atoms with Gasteiger partial charge in [0.2, 0.25) is 45.3 Å². The van der Waals surface area contributed by atoms with Crippen molar-refractivity contribution < 1.29 is 122 Å². The first-order valence-corrected chi connectivity index (χ1v) is 45.9. The molecule has 8 fully saturated rings. The molecule has 5 amide bonds. The van der Waals surface area contributed by atoms with Gasteiger partial charge in [-0.3, -0.25) is 67.4 Å². The van der Waals surface area contributed by atoms with E-state index in [0.717, 1.165) is 52.0 Å². The fraction of sp³-hybridized carbons (Fsp3) is 0.392. The third-order valence-electron chi connectivity index (χ3n) is 27.7. The lowest BCUT2D eigenvalue weighted by atomic mass is 9.91. The van der Waals surface area contributed by atoms with E-state index in [1.165, 1.54) is 96.4 Å². The number of para-hydroxylation sites is 3. The number of benzene rings is 6. The molecule has 37 nitrogen and oxygen atoms in total. The highest BCUT2D eigenvalue weighted by Gasteiger charge is 2.55. The Labute approximate surface area is 792 Å². The predicted octanol–water partition coefficient (Wildman–Crippen LogP) is 8.09. The fourth-order valence-corrected chi connectivity index (χ4v) is 21.3. The summed E-state index contributed by atoms with van der Waals surface area (Å²) in [5, 5.41) is 5.39. The second-order valence-corrected chi connectivity index (χ2v) is 35.8. The largest absolute Gasteiger partial charge is 0.514 e. The van der Waals surface area contributed by atoms with E-state index in [2.05, 4.69) is 0 Å². The normalized spacial score (nSPS) is 22.9. The first kappa shape index (κ1) is 91.9. The zero-order chi connectivity index (χ0) is 97.2. The molecule has 5 unspecified atom stereocenters. The topological polar surface area (TPSA) is 349 Å². The summed E-state index contributed by atoms with van der Waals surface area (Å²) in [7, 11) is 0. The number of hydrogen-bond donors (Lipinski definition) is 0. The van der Waals surface area contributed by atoms with Crippen LogP contribution in [-0.2, 0) is 52.2 Å². The van der Waals surface area contributed by atoms with Gasteiger partial charge < -0.3 is 96.0 Å². The summed E-state index contributed by atoms with van der Waals surface area (Å²) in [5.74, 6) is -9.58. The number of hydrogen-bond acceptors (Lipinski definition) is 29. The monoisotopic (exact) mass is 1930 g/mol. The van der Waals surface area contributed by atoms with Gasteiger partial charge in [0, 0.05) is 140 Å². The van der Waals surface area contributed by atoms with Crippen LogP contribution in [0.1, 0.15) is 145 Å². The van der Waals surface area contributed by atoms with Crippen LogP contribution in [0.5, 0.6) is 17.2 Å². The number of rotatable bonds is 9. The number of carbonyl (C=O) groups excluding carboxylic acids is 8. The van der Waals surface area contributed by atoms with Gasteiger partial charge in [0.15, 0.2) is 52.0 Å². The molecule has 23 rings (SSSR count). The molecule has 8 saturated heterocycles. The molecule has 730 valence electrons. The first-order valence-electron chi connectivity index (χ1n) is 45.9. The number of morpholine rings is 6. The Morgan fingerprint density at radius 1 is 0.343 bits per heavy atom. The lowest BCUT2D eigenvalue weighted by Crippen LogP contribution is -2.66. The van der Waals surface area contributed by atoms with E-state index in [4.69, 9.17) is 56.8 Å². The number of fused-ring (bicyclic) bond motifs is 21. The third kappa shape index (κ3) is 15.8. The van der Waals surface area contributed by atoms with E-state index < -0.39 is 178 Å². The molecule has 14 aliphatic heterocycles. The summed E-state index contributed by atoms with van der Waals surface area (Å²) in [6.45, 7) is 11.0. The van der Waals surface area contributed by atoms with Gasteiger partial charge in [-0.2, -0.15) is 0 Å². The summed E-state index contributed by atoms with van der Waals surface area (Å²) in [5.41, 5.74) is 3.47. The van der Waals surface area contributed by atoms with Crippen molar-refractivity contribution in [2.45, 2.75) is 101 Å². The van der Waals surface area contributed by atoms with E-state index in [-0.39, 0.29) is 151 Å². The average Bonchev–Trinajstić information content (AvgIpc) is 1.41. The van der Waals surface area contributed by atoms with Gasteiger partial charge in [0.25, 0.3) is 17.7 Å². The van der Waals surface area contributed by atoms with Gasteiger partial charge in [-0.15, -0.1) is 0 Å². The molecule has 3 aromatic heterocycles. The Kier molecular flexibility index (Phi) is 24.3. The number of likely N-dealkylation sites (tertiary alicyclic amines) is 2. The lowest BCUT2D eigenvalue weighted by Gasteiger charge is -2.51. The molecule has 0 N–H and O–H groups in total. The Morgan fingerprint density at radius 3 is 0.914 bits per heavy atom. The van der Waals surface area contributed by atoms with E-state index in [0.29, 0.717) is 56.1 Å². The van der Waals surface area contributed by atoms with Crippen molar-refractivity contribution >= 4 is 65.1 Å². The molecule has 9 atom stereocenters. The second-order valence-electron chi connectivity index (χ2n) is 35.8. The minimum absolute atomic E-state index is 0.0673. The smallest absolute Gasteiger partial charge is 0.431 e. The van der Waals surface area contributed by atoms with Crippen LogP contribution in [0.3, 0.4) is 0 Å². The maximum Gasteiger partial charge on any atom is 0.514 e. The van der Waals surface area contributed by atoms with Crippen molar-refractivity contribution in [3.63, 3.8) is 0 Å². The number of ether oxygens (including phenoxy) is 12. The summed E-state index contributed by atoms with van der Waals surface area (Å²) >= 11 is 0. The minimum atomic E-state index is -1.20. The van der Waals surface area contributed by atoms with Crippen LogP contribution in [0.4, 0.5) is 57.8 Å². The van der Waals surface area contributed by atoms with Crippen molar-refractivity contribution in [3.05, 3.63) is 279 Å². The van der Waals surface area contributed by atoms with E-state index >= 15 is 22.0 Å². The maximum absolute atomic E-state index is 16.1. The van der Waals surface area contributed by atoms with Crippen LogP contribution in [0.15, 0.2) is 160 Å². The zero-order valence-electron chi connectivity index (χ0n) is 75.8. The van der Waals surface area contributed by atoms with Gasteiger partial charge in [0.05, 0.1) is 130 Å². The molecular formula is C97H92F6N14O23. The summed E-state index contributed by atoms with van der Waals surface area (Å²) < 4.78 is 164. The number of nitrogens with zero attached hydrogens (tertiary/aromatic N) is 14. The highest BCUT2D eigenvalue weighted by molar-refractivity contribution is 5.99. The SMILES string of the molecule is CC(=O)N1CC(OC(=O)Oc2c3n(ccc2=O)N(C2c4ccccc4N4CCOCC4c4c2ccc(F)c4F)C2COCCN2C3=O)C1.CC(=O)N1CC(OC(=O)Oc2c3n(ccc2=O)N([C@@H]2c4ccccc4N4CCOCC4c4c2ccc(F)c4F)[C@@H]2COCCN2C3=O)C1.CC(C)OC(=O)Oc1c2n(ccc1=O)N([C@@H]1c3ccccc3N3CCOCC3c3c1ccc(F)c3F)[C@@H]1COCCN1C2=O. The number of carbonyl (C=O) groups is 8. The highest BCUT2D eigenvalue weighted by Crippen LogP contribution is 2.54. The summed E-state index contributed by atoms with van der Waals surface area (Å²) in [4.78, 5) is 157. The zero-order valence-corrected chi connectivity index (χ0v) is 75.8. The van der Waals surface area contributed by atoms with Crippen molar-refractivity contribution in [1.29, 1.82) is 0 Å². The molecule has 140 heavy (non-hydrogen) atoms. The number of halogens is 6. The molecule has 0 bridgehead atoms. The Morgan fingerprint density at radius 2 is 0.621 bits per heavy atom. The molecule has 43 heteroatoms. The number of amides is 5. The van der Waals surface area contributed by atoms with Crippen molar-refractivity contribution in [3.8, 4) is 17.2 Å². The Balaban J connectivity index is 0.000000125. The Hall–Kier alpha value is -14.5. The minimum Gasteiger partial charge on any atom is -0.431 e. The van der Waals surface area contributed by atoms with Crippen LogP contribution >= 0.6 is 0 Å². The first-order chi connectivity index (χ1) is 67.7. The van der Waals surface area contributed by atoms with Gasteiger partial charge >= 0.3 is 18.5 Å². The van der Waals surface area contributed by atoms with Crippen LogP contribution in [0, 0.1) is 34.9 Å². The molecule has 0 spiro atoms. The van der Waals surface area contributed by atoms with Gasteiger partial charge in [-0.1, -0.05) is 72.8 Å². The summed E-state index contributed by atoms with van der Waals surface area (Å²) in [6, 6.07) is 29.6. The molecule has 0 radical (unpaired) electrons. The quantitative estimate of drug-likeness (QED) is 0.0748. The molecule has 17 heterocycles. The second kappa shape index (κ2) is 37.0. The Bertz CT molecular complexity index is 6490. The highest BCUT2D eigenvalue weighted by atomic mass is 19.2. The lowest BCUT2D eigenvalue weighted by molar-refractivity contribution is -0.140. The molecule has 6 aromatic carbocycles. The van der Waals surface area contributed by atoms with Crippen LogP contribution in [-0.4, -0.2) is 268 Å². The van der Waals surface area contributed by atoms with Crippen molar-refractivity contribution in [1.82, 2.24) is 38.5 Å². The molecule has 14 aliphatic rings. The number of pyridine rings is 3. The van der Waals surface area contributed by atoms with Crippen LogP contribution in [0.2, 0.25) is 0 Å². The van der Waals surface area contributed by atoms with Crippen molar-refractivity contribution in [2.24, 2.45) is 0 Å². The molecular weight excluding hydrogens is 1840 g/mol. The fourth-order valence-electron chi connectivity index (χ4n) is 21.3. The molecule has 9 aromatic rings. The van der Waals surface area contributed by atoms with E-state index in [1.54, 1.807) is 34.8 Å². The molecule has 0 saturated carbocycles.